The van der Waals surface area contributed by atoms with Crippen molar-refractivity contribution in [3.8, 4) is 6.07 Å². The maximum absolute atomic E-state index is 12.7. The second kappa shape index (κ2) is 11.4. The molecule has 1 amide bonds. The quantitative estimate of drug-likeness (QED) is 0.455. The molecule has 4 rings (SSSR count). The molecule has 0 radical (unpaired) electrons. The number of nitrogens with one attached hydrogen (secondary N) is 1. The Morgan fingerprint density at radius 1 is 1.03 bits per heavy atom. The highest BCUT2D eigenvalue weighted by molar-refractivity contribution is 5.80. The van der Waals surface area contributed by atoms with Crippen LogP contribution < -0.4 is 5.32 Å². The van der Waals surface area contributed by atoms with E-state index in [-0.39, 0.29) is 5.92 Å². The predicted octanol–water partition coefficient (Wildman–Crippen LogP) is 4.11. The lowest BCUT2D eigenvalue weighted by atomic mass is 10.0. The Bertz CT molecular complexity index is 1070. The van der Waals surface area contributed by atoms with E-state index in [1.807, 2.05) is 59.9 Å². The van der Waals surface area contributed by atoms with Crippen LogP contribution >= 0.6 is 0 Å². The number of hydrogen-bond donors (Lipinski definition) is 1. The summed E-state index contributed by atoms with van der Waals surface area (Å²) in [7, 11) is 0. The zero-order chi connectivity index (χ0) is 22.9. The SMILES string of the molecule is N#Cc1ccc(Cn2cncc2CNCCCC[C@H]2CCN(Cc3ccccc3)C2=O)cc1. The van der Waals surface area contributed by atoms with Crippen LogP contribution in [0.4, 0.5) is 0 Å². The number of rotatable bonds is 11. The molecule has 33 heavy (non-hydrogen) atoms. The van der Waals surface area contributed by atoms with Crippen LogP contribution in [-0.4, -0.2) is 33.4 Å². The van der Waals surface area contributed by atoms with Gasteiger partial charge in [0.1, 0.15) is 0 Å². The third-order valence-electron chi connectivity index (χ3n) is 6.32. The third kappa shape index (κ3) is 6.30. The van der Waals surface area contributed by atoms with Gasteiger partial charge in [-0.3, -0.25) is 4.79 Å². The van der Waals surface area contributed by atoms with Crippen LogP contribution in [0.15, 0.2) is 67.1 Å². The summed E-state index contributed by atoms with van der Waals surface area (Å²) in [6.45, 7) is 4.04. The van der Waals surface area contributed by atoms with Crippen LogP contribution in [0.25, 0.3) is 0 Å². The summed E-state index contributed by atoms with van der Waals surface area (Å²) in [4.78, 5) is 19.0. The largest absolute Gasteiger partial charge is 0.338 e. The fourth-order valence-electron chi connectivity index (χ4n) is 4.41. The van der Waals surface area contributed by atoms with Crippen LogP contribution in [0.3, 0.4) is 0 Å². The molecule has 6 heteroatoms. The number of aromatic nitrogens is 2. The molecule has 1 fully saturated rings. The van der Waals surface area contributed by atoms with Crippen molar-refractivity contribution in [3.63, 3.8) is 0 Å². The van der Waals surface area contributed by atoms with E-state index in [1.165, 1.54) is 5.56 Å². The normalized spacial score (nSPS) is 15.7. The molecule has 1 aliphatic heterocycles. The van der Waals surface area contributed by atoms with Gasteiger partial charge in [-0.05, 0) is 49.1 Å². The second-order valence-electron chi connectivity index (χ2n) is 8.73. The molecule has 6 nitrogen and oxygen atoms in total. The number of unbranched alkanes of at least 4 members (excludes halogenated alkanes) is 1. The summed E-state index contributed by atoms with van der Waals surface area (Å²) < 4.78 is 2.13. The van der Waals surface area contributed by atoms with E-state index in [9.17, 15) is 4.79 Å². The first-order chi connectivity index (χ1) is 16.2. The topological polar surface area (TPSA) is 74.0 Å². The molecule has 0 spiro atoms. The predicted molar refractivity (Wildman–Crippen MR) is 128 cm³/mol. The zero-order valence-electron chi connectivity index (χ0n) is 19.0. The number of likely N-dealkylation sites (tertiary alicyclic amines) is 1. The van der Waals surface area contributed by atoms with Gasteiger partial charge in [0, 0.05) is 38.3 Å². The van der Waals surface area contributed by atoms with Gasteiger partial charge in [-0.1, -0.05) is 48.9 Å². The standard InChI is InChI=1S/C27H31N5O/c28-16-22-9-11-24(12-10-22)20-32-21-30-18-26(32)17-29-14-5-4-8-25-13-15-31(27(25)33)19-23-6-2-1-3-7-23/h1-3,6-7,9-12,18,21,25,29H,4-5,8,13-15,17,19-20H2/t25-/m0/s1. The fourth-order valence-corrected chi connectivity index (χ4v) is 4.41. The Morgan fingerprint density at radius 2 is 1.82 bits per heavy atom. The van der Waals surface area contributed by atoms with Gasteiger partial charge >= 0.3 is 0 Å². The van der Waals surface area contributed by atoms with Crippen molar-refractivity contribution in [3.05, 3.63) is 89.5 Å². The Kier molecular flexibility index (Phi) is 7.89. The Morgan fingerprint density at radius 3 is 2.61 bits per heavy atom. The average molecular weight is 442 g/mol. The maximum atomic E-state index is 12.7. The highest BCUT2D eigenvalue weighted by Gasteiger charge is 2.30. The number of benzene rings is 2. The third-order valence-corrected chi connectivity index (χ3v) is 6.32. The molecule has 1 N–H and O–H groups in total. The van der Waals surface area contributed by atoms with Crippen molar-refractivity contribution >= 4 is 5.91 Å². The zero-order valence-corrected chi connectivity index (χ0v) is 19.0. The van der Waals surface area contributed by atoms with Gasteiger partial charge in [-0.15, -0.1) is 0 Å². The fraction of sp³-hybridized carbons (Fsp3) is 0.370. The minimum atomic E-state index is 0.183. The first kappa shape index (κ1) is 22.8. The van der Waals surface area contributed by atoms with Crippen LogP contribution in [0, 0.1) is 17.2 Å². The summed E-state index contributed by atoms with van der Waals surface area (Å²) in [6, 6.07) is 20.1. The van der Waals surface area contributed by atoms with Crippen molar-refractivity contribution < 1.29 is 4.79 Å². The van der Waals surface area contributed by atoms with Crippen LogP contribution in [-0.2, 0) is 24.4 Å². The number of carbonyl (C=O) groups is 1. The Balaban J connectivity index is 1.14. The summed E-state index contributed by atoms with van der Waals surface area (Å²) >= 11 is 0. The molecule has 2 aromatic carbocycles. The highest BCUT2D eigenvalue weighted by Crippen LogP contribution is 2.24. The number of imidazole rings is 1. The van der Waals surface area contributed by atoms with Gasteiger partial charge in [0.25, 0.3) is 0 Å². The van der Waals surface area contributed by atoms with Crippen molar-refractivity contribution in [1.29, 1.82) is 5.26 Å². The van der Waals surface area contributed by atoms with E-state index in [0.717, 1.165) is 69.7 Å². The molecular weight excluding hydrogens is 410 g/mol. The molecule has 2 heterocycles. The summed E-state index contributed by atoms with van der Waals surface area (Å²) in [5.41, 5.74) is 4.17. The van der Waals surface area contributed by atoms with Crippen molar-refractivity contribution in [1.82, 2.24) is 19.8 Å². The lowest BCUT2D eigenvalue weighted by molar-refractivity contribution is -0.131. The first-order valence-electron chi connectivity index (χ1n) is 11.7. The van der Waals surface area contributed by atoms with Gasteiger partial charge in [0.05, 0.1) is 23.7 Å². The number of nitrogens with zero attached hydrogens (tertiary/aromatic N) is 4. The molecule has 3 aromatic rings. The molecule has 0 bridgehead atoms. The van der Waals surface area contributed by atoms with Gasteiger partial charge in [0.2, 0.25) is 5.91 Å². The van der Waals surface area contributed by atoms with E-state index in [4.69, 9.17) is 5.26 Å². The molecule has 1 atom stereocenters. The molecule has 1 saturated heterocycles. The molecule has 1 aromatic heterocycles. The van der Waals surface area contributed by atoms with Gasteiger partial charge in [0.15, 0.2) is 0 Å². The van der Waals surface area contributed by atoms with Crippen molar-refractivity contribution in [2.24, 2.45) is 5.92 Å². The molecular formula is C27H31N5O. The summed E-state index contributed by atoms with van der Waals surface area (Å²) in [6.07, 6.45) is 7.83. The van der Waals surface area contributed by atoms with E-state index >= 15 is 0 Å². The molecule has 0 saturated carbocycles. The number of hydrogen-bond acceptors (Lipinski definition) is 4. The molecule has 0 unspecified atom stereocenters. The number of carbonyl (C=O) groups excluding carboxylic acids is 1. The van der Waals surface area contributed by atoms with Crippen LogP contribution in [0.5, 0.6) is 0 Å². The molecule has 0 aliphatic carbocycles. The van der Waals surface area contributed by atoms with E-state index in [2.05, 4.69) is 33.1 Å². The minimum Gasteiger partial charge on any atom is -0.338 e. The first-order valence-corrected chi connectivity index (χ1v) is 11.7. The number of amides is 1. The smallest absolute Gasteiger partial charge is 0.226 e. The summed E-state index contributed by atoms with van der Waals surface area (Å²) in [5, 5.41) is 12.4. The van der Waals surface area contributed by atoms with E-state index in [0.29, 0.717) is 11.5 Å². The van der Waals surface area contributed by atoms with Gasteiger partial charge in [-0.2, -0.15) is 5.26 Å². The minimum absolute atomic E-state index is 0.183. The molecule has 170 valence electrons. The Hall–Kier alpha value is -3.43. The lowest BCUT2D eigenvalue weighted by Gasteiger charge is -2.17. The monoisotopic (exact) mass is 441 g/mol. The molecule has 1 aliphatic rings. The lowest BCUT2D eigenvalue weighted by Crippen LogP contribution is -2.27. The van der Waals surface area contributed by atoms with Crippen molar-refractivity contribution in [2.75, 3.05) is 13.1 Å². The van der Waals surface area contributed by atoms with Gasteiger partial charge in [-0.25, -0.2) is 4.98 Å². The Labute approximate surface area is 195 Å². The average Bonchev–Trinajstić information content (AvgIpc) is 3.43. The van der Waals surface area contributed by atoms with Crippen LogP contribution in [0.1, 0.15) is 48.1 Å². The second-order valence-corrected chi connectivity index (χ2v) is 8.73. The van der Waals surface area contributed by atoms with Gasteiger partial charge < -0.3 is 14.8 Å². The number of nitriles is 1. The summed E-state index contributed by atoms with van der Waals surface area (Å²) in [5.74, 6) is 0.501. The maximum Gasteiger partial charge on any atom is 0.226 e. The van der Waals surface area contributed by atoms with Crippen molar-refractivity contribution in [2.45, 2.75) is 45.3 Å². The highest BCUT2D eigenvalue weighted by atomic mass is 16.2. The van der Waals surface area contributed by atoms with E-state index in [1.54, 1.807) is 0 Å². The van der Waals surface area contributed by atoms with E-state index < -0.39 is 0 Å². The van der Waals surface area contributed by atoms with Crippen LogP contribution in [0.2, 0.25) is 0 Å².